The monoisotopic (exact) mass is 720 g/mol. The lowest BCUT2D eigenvalue weighted by Crippen LogP contribution is -2.25. The fourth-order valence-electron chi connectivity index (χ4n) is 4.58. The third kappa shape index (κ3) is 11.1. The minimum Gasteiger partial charge on any atom is -0.492 e. The average molecular weight is 723 g/mol. The van der Waals surface area contributed by atoms with Gasteiger partial charge in [-0.2, -0.15) is 0 Å². The van der Waals surface area contributed by atoms with Crippen molar-refractivity contribution < 1.29 is 19.1 Å². The number of ether oxygens (including phenoxy) is 2. The first kappa shape index (κ1) is 33.3. The van der Waals surface area contributed by atoms with Crippen molar-refractivity contribution in [2.45, 2.75) is 38.5 Å². The number of hydrogen-bond acceptors (Lipinski definition) is 4. The van der Waals surface area contributed by atoms with Crippen LogP contribution >= 0.6 is 31.9 Å². The van der Waals surface area contributed by atoms with Gasteiger partial charge in [0.25, 0.3) is 11.8 Å². The molecule has 8 heteroatoms. The van der Waals surface area contributed by atoms with E-state index < -0.39 is 0 Å². The van der Waals surface area contributed by atoms with Crippen LogP contribution in [0, 0.1) is 0 Å². The summed E-state index contributed by atoms with van der Waals surface area (Å²) >= 11 is 7.05. The maximum atomic E-state index is 12.6. The number of carbonyl (C=O) groups excluding carboxylic acids is 2. The third-order valence-electron chi connectivity index (χ3n) is 7.05. The minimum absolute atomic E-state index is 0.104. The Morgan fingerprint density at radius 3 is 1.34 bits per heavy atom. The Kier molecular flexibility index (Phi) is 13.8. The van der Waals surface area contributed by atoms with Crippen molar-refractivity contribution in [1.82, 2.24) is 10.6 Å². The van der Waals surface area contributed by atoms with Crippen LogP contribution in [0.3, 0.4) is 0 Å². The van der Waals surface area contributed by atoms with E-state index in [4.69, 9.17) is 9.47 Å². The molecule has 0 fully saturated rings. The highest BCUT2D eigenvalue weighted by Crippen LogP contribution is 2.27. The summed E-state index contributed by atoms with van der Waals surface area (Å²) < 4.78 is 13.3. The zero-order chi connectivity index (χ0) is 31.0. The summed E-state index contributed by atoms with van der Waals surface area (Å²) in [5.41, 5.74) is 3.63. The second-order valence-electron chi connectivity index (χ2n) is 10.4. The number of amides is 2. The molecule has 0 saturated heterocycles. The second kappa shape index (κ2) is 18.2. The molecular weight excluding hydrogens is 684 g/mol. The molecule has 230 valence electrons. The molecule has 0 radical (unpaired) electrons. The third-order valence-corrected chi connectivity index (χ3v) is 8.28. The van der Waals surface area contributed by atoms with Crippen LogP contribution in [0.25, 0.3) is 0 Å². The fourth-order valence-corrected chi connectivity index (χ4v) is 5.56. The molecule has 2 N–H and O–H groups in total. The van der Waals surface area contributed by atoms with Crippen molar-refractivity contribution in [2.24, 2.45) is 0 Å². The number of nitrogens with one attached hydrogen (secondary N) is 2. The number of rotatable bonds is 17. The number of halogens is 2. The van der Waals surface area contributed by atoms with E-state index in [2.05, 4.69) is 66.8 Å². The van der Waals surface area contributed by atoms with Crippen molar-refractivity contribution in [1.29, 1.82) is 0 Å². The Labute approximate surface area is 276 Å². The highest BCUT2D eigenvalue weighted by atomic mass is 79.9. The molecule has 4 aromatic rings. The first-order chi connectivity index (χ1) is 21.5. The standard InChI is InChI=1S/C36H38Br2N2O4/c37-31-25-29(15-17-33(31)43-23-19-27-11-5-3-6-12-27)35(41)39-21-9-1-2-10-22-40-36(42)30-16-18-34(32(38)26-30)44-24-20-28-13-7-4-8-14-28/h3-8,11-18,25-26H,1-2,9-10,19-24H2,(H,39,41)(H,40,42). The van der Waals surface area contributed by atoms with E-state index in [1.54, 1.807) is 24.3 Å². The molecule has 2 amide bonds. The average Bonchev–Trinajstić information content (AvgIpc) is 3.04. The molecular formula is C36H38Br2N2O4. The maximum Gasteiger partial charge on any atom is 0.251 e. The van der Waals surface area contributed by atoms with Crippen LogP contribution in [0.1, 0.15) is 57.5 Å². The van der Waals surface area contributed by atoms with Crippen LogP contribution in [0.15, 0.2) is 106 Å². The summed E-state index contributed by atoms with van der Waals surface area (Å²) in [6.45, 7) is 2.33. The van der Waals surface area contributed by atoms with E-state index in [0.717, 1.165) is 59.0 Å². The molecule has 0 unspecified atom stereocenters. The fraction of sp³-hybridized carbons (Fsp3) is 0.278. The van der Waals surface area contributed by atoms with Gasteiger partial charge in [0.1, 0.15) is 11.5 Å². The van der Waals surface area contributed by atoms with Crippen molar-refractivity contribution in [3.63, 3.8) is 0 Å². The van der Waals surface area contributed by atoms with Gasteiger partial charge in [0.2, 0.25) is 0 Å². The van der Waals surface area contributed by atoms with Gasteiger partial charge in [-0.15, -0.1) is 0 Å². The summed E-state index contributed by atoms with van der Waals surface area (Å²) in [7, 11) is 0. The smallest absolute Gasteiger partial charge is 0.251 e. The van der Waals surface area contributed by atoms with Crippen LogP contribution in [-0.4, -0.2) is 38.1 Å². The van der Waals surface area contributed by atoms with E-state index in [1.807, 2.05) is 48.5 Å². The topological polar surface area (TPSA) is 76.7 Å². The normalized spacial score (nSPS) is 10.7. The predicted molar refractivity (Wildman–Crippen MR) is 183 cm³/mol. The zero-order valence-corrected chi connectivity index (χ0v) is 27.9. The van der Waals surface area contributed by atoms with Crippen molar-refractivity contribution >= 4 is 43.7 Å². The van der Waals surface area contributed by atoms with Crippen LogP contribution in [0.2, 0.25) is 0 Å². The molecule has 0 saturated carbocycles. The van der Waals surface area contributed by atoms with Crippen LogP contribution in [0.4, 0.5) is 0 Å². The van der Waals surface area contributed by atoms with Crippen molar-refractivity contribution in [3.05, 3.63) is 128 Å². The summed E-state index contributed by atoms with van der Waals surface area (Å²) in [6, 6.07) is 31.2. The SMILES string of the molecule is O=C(NCCCCCCNC(=O)c1ccc(OCCc2ccccc2)c(Br)c1)c1ccc(OCCc2ccccc2)c(Br)c1. The summed E-state index contributed by atoms with van der Waals surface area (Å²) in [5, 5.41) is 5.97. The lowest BCUT2D eigenvalue weighted by atomic mass is 10.1. The maximum absolute atomic E-state index is 12.6. The molecule has 0 aromatic heterocycles. The molecule has 4 aromatic carbocycles. The lowest BCUT2D eigenvalue weighted by Gasteiger charge is -2.11. The molecule has 0 heterocycles. The van der Waals surface area contributed by atoms with Crippen LogP contribution in [0.5, 0.6) is 11.5 Å². The van der Waals surface area contributed by atoms with E-state index in [1.165, 1.54) is 11.1 Å². The number of carbonyl (C=O) groups is 2. The van der Waals surface area contributed by atoms with Crippen LogP contribution < -0.4 is 20.1 Å². The van der Waals surface area contributed by atoms with Crippen LogP contribution in [-0.2, 0) is 12.8 Å². The second-order valence-corrected chi connectivity index (χ2v) is 12.1. The molecule has 44 heavy (non-hydrogen) atoms. The quantitative estimate of drug-likeness (QED) is 0.108. The molecule has 4 rings (SSSR count). The Hall–Kier alpha value is -3.62. The Bertz CT molecular complexity index is 1370. The first-order valence-electron chi connectivity index (χ1n) is 15.0. The molecule has 0 spiro atoms. The Morgan fingerprint density at radius 2 is 0.955 bits per heavy atom. The van der Waals surface area contributed by atoms with E-state index in [9.17, 15) is 9.59 Å². The van der Waals surface area contributed by atoms with Gasteiger partial charge in [-0.3, -0.25) is 9.59 Å². The van der Waals surface area contributed by atoms with E-state index >= 15 is 0 Å². The molecule has 0 bridgehead atoms. The van der Waals surface area contributed by atoms with Gasteiger partial charge in [0, 0.05) is 37.1 Å². The summed E-state index contributed by atoms with van der Waals surface area (Å²) in [4.78, 5) is 25.2. The highest BCUT2D eigenvalue weighted by molar-refractivity contribution is 9.10. The van der Waals surface area contributed by atoms with Gasteiger partial charge in [0.15, 0.2) is 0 Å². The van der Waals surface area contributed by atoms with E-state index in [-0.39, 0.29) is 11.8 Å². The van der Waals surface area contributed by atoms with Gasteiger partial charge < -0.3 is 20.1 Å². The Morgan fingerprint density at radius 1 is 0.545 bits per heavy atom. The predicted octanol–water partition coefficient (Wildman–Crippen LogP) is 8.17. The van der Waals surface area contributed by atoms with Gasteiger partial charge in [-0.1, -0.05) is 73.5 Å². The lowest BCUT2D eigenvalue weighted by molar-refractivity contribution is 0.0943. The molecule has 0 aliphatic carbocycles. The first-order valence-corrected chi connectivity index (χ1v) is 16.6. The minimum atomic E-state index is -0.104. The van der Waals surface area contributed by atoms with E-state index in [0.29, 0.717) is 37.4 Å². The number of unbranched alkanes of at least 4 members (excludes halogenated alkanes) is 3. The van der Waals surface area contributed by atoms with Gasteiger partial charge in [-0.25, -0.2) is 0 Å². The molecule has 0 aliphatic heterocycles. The number of hydrogen-bond donors (Lipinski definition) is 2. The largest absolute Gasteiger partial charge is 0.492 e. The van der Waals surface area contributed by atoms with Gasteiger partial charge in [-0.05, 0) is 92.2 Å². The molecule has 6 nitrogen and oxygen atoms in total. The van der Waals surface area contributed by atoms with Gasteiger partial charge >= 0.3 is 0 Å². The van der Waals surface area contributed by atoms with Gasteiger partial charge in [0.05, 0.1) is 22.2 Å². The summed E-state index contributed by atoms with van der Waals surface area (Å²) in [5.74, 6) is 1.23. The van der Waals surface area contributed by atoms with Crippen molar-refractivity contribution in [3.8, 4) is 11.5 Å². The zero-order valence-electron chi connectivity index (χ0n) is 24.7. The highest BCUT2D eigenvalue weighted by Gasteiger charge is 2.11. The molecule has 0 aliphatic rings. The number of benzene rings is 4. The summed E-state index contributed by atoms with van der Waals surface area (Å²) in [6.07, 6.45) is 5.32. The molecule has 0 atom stereocenters. The van der Waals surface area contributed by atoms with Crippen molar-refractivity contribution in [2.75, 3.05) is 26.3 Å². The Balaban J connectivity index is 1.05.